The molecule has 1 aromatic carbocycles. The normalized spacial score (nSPS) is 19.5. The maximum absolute atomic E-state index is 5.91. The number of hydrogen-bond donors (Lipinski definition) is 1. The number of rotatable bonds is 4. The summed E-state index contributed by atoms with van der Waals surface area (Å²) in [6.45, 7) is 2.00. The van der Waals surface area contributed by atoms with Crippen LogP contribution >= 0.6 is 27.5 Å². The molecular formula is C14H17BrClN. The van der Waals surface area contributed by atoms with Crippen LogP contribution in [0.25, 0.3) is 0 Å². The van der Waals surface area contributed by atoms with Crippen molar-refractivity contribution in [1.29, 1.82) is 0 Å². The highest BCUT2D eigenvalue weighted by molar-refractivity contribution is 9.10. The van der Waals surface area contributed by atoms with Crippen molar-refractivity contribution in [2.24, 2.45) is 5.92 Å². The fourth-order valence-corrected chi connectivity index (χ4v) is 2.94. The predicted molar refractivity (Wildman–Crippen MR) is 77.3 cm³/mol. The zero-order valence-electron chi connectivity index (χ0n) is 9.76. The van der Waals surface area contributed by atoms with Gasteiger partial charge in [-0.25, -0.2) is 0 Å². The van der Waals surface area contributed by atoms with Crippen LogP contribution in [0.1, 0.15) is 24.8 Å². The number of benzene rings is 1. The molecule has 0 fully saturated rings. The Kier molecular flexibility index (Phi) is 5.08. The van der Waals surface area contributed by atoms with E-state index in [9.17, 15) is 0 Å². The van der Waals surface area contributed by atoms with Crippen LogP contribution in [-0.2, 0) is 6.54 Å². The van der Waals surface area contributed by atoms with Gasteiger partial charge in [-0.1, -0.05) is 45.7 Å². The lowest BCUT2D eigenvalue weighted by atomic mass is 9.94. The van der Waals surface area contributed by atoms with Gasteiger partial charge >= 0.3 is 0 Å². The minimum atomic E-state index is 0.776. The molecule has 1 aliphatic carbocycles. The summed E-state index contributed by atoms with van der Waals surface area (Å²) < 4.78 is 1.08. The van der Waals surface area contributed by atoms with E-state index in [0.29, 0.717) is 0 Å². The van der Waals surface area contributed by atoms with Gasteiger partial charge in [-0.15, -0.1) is 0 Å². The van der Waals surface area contributed by atoms with Gasteiger partial charge in [0.15, 0.2) is 0 Å². The summed E-state index contributed by atoms with van der Waals surface area (Å²) in [5, 5.41) is 4.30. The van der Waals surface area contributed by atoms with Crippen LogP contribution in [0.3, 0.4) is 0 Å². The highest BCUT2D eigenvalue weighted by Crippen LogP contribution is 2.22. The molecule has 0 amide bonds. The van der Waals surface area contributed by atoms with Gasteiger partial charge in [0.25, 0.3) is 0 Å². The van der Waals surface area contributed by atoms with Crippen LogP contribution in [0.5, 0.6) is 0 Å². The minimum Gasteiger partial charge on any atom is -0.312 e. The van der Waals surface area contributed by atoms with Crippen LogP contribution in [0.15, 0.2) is 34.8 Å². The molecule has 0 saturated carbocycles. The summed E-state index contributed by atoms with van der Waals surface area (Å²) >= 11 is 9.45. The fraction of sp³-hybridized carbons (Fsp3) is 0.429. The lowest BCUT2D eigenvalue weighted by Gasteiger charge is -2.18. The van der Waals surface area contributed by atoms with E-state index < -0.39 is 0 Å². The molecule has 3 heteroatoms. The smallest absolute Gasteiger partial charge is 0.0417 e. The Hall–Kier alpha value is -0.310. The molecule has 1 nitrogen and oxygen atoms in total. The van der Waals surface area contributed by atoms with Gasteiger partial charge in [-0.3, -0.25) is 0 Å². The SMILES string of the molecule is Clc1ccc(CNCC2CC=CCC2)c(Br)c1. The van der Waals surface area contributed by atoms with Crippen molar-refractivity contribution >= 4 is 27.5 Å². The molecule has 1 atom stereocenters. The van der Waals surface area contributed by atoms with E-state index in [0.717, 1.165) is 28.5 Å². The Balaban J connectivity index is 1.79. The van der Waals surface area contributed by atoms with Crippen molar-refractivity contribution in [3.05, 3.63) is 45.4 Å². The van der Waals surface area contributed by atoms with Crippen LogP contribution in [0.4, 0.5) is 0 Å². The van der Waals surface area contributed by atoms with Gasteiger partial charge in [-0.2, -0.15) is 0 Å². The van der Waals surface area contributed by atoms with E-state index in [-0.39, 0.29) is 0 Å². The lowest BCUT2D eigenvalue weighted by Crippen LogP contribution is -2.23. The van der Waals surface area contributed by atoms with E-state index >= 15 is 0 Å². The van der Waals surface area contributed by atoms with E-state index in [1.807, 2.05) is 12.1 Å². The van der Waals surface area contributed by atoms with Gasteiger partial charge < -0.3 is 5.32 Å². The second-order valence-corrected chi connectivity index (χ2v) is 5.81. The summed E-state index contributed by atoms with van der Waals surface area (Å²) in [5.74, 6) is 0.797. The number of hydrogen-bond acceptors (Lipinski definition) is 1. The molecule has 1 N–H and O–H groups in total. The second kappa shape index (κ2) is 6.58. The summed E-state index contributed by atoms with van der Waals surface area (Å²) in [4.78, 5) is 0. The minimum absolute atomic E-state index is 0.776. The zero-order valence-corrected chi connectivity index (χ0v) is 12.1. The van der Waals surface area contributed by atoms with E-state index in [1.54, 1.807) is 0 Å². The first-order valence-corrected chi connectivity index (χ1v) is 7.22. The summed E-state index contributed by atoms with van der Waals surface area (Å²) in [7, 11) is 0. The molecule has 92 valence electrons. The molecule has 0 aromatic heterocycles. The Morgan fingerprint density at radius 3 is 2.94 bits per heavy atom. The first-order valence-electron chi connectivity index (χ1n) is 6.05. The van der Waals surface area contributed by atoms with Gasteiger partial charge in [0.2, 0.25) is 0 Å². The van der Waals surface area contributed by atoms with Crippen molar-refractivity contribution in [1.82, 2.24) is 5.32 Å². The molecule has 0 saturated heterocycles. The first kappa shape index (κ1) is 13.1. The Bertz CT molecular complexity index is 403. The molecular weight excluding hydrogens is 298 g/mol. The number of allylic oxidation sites excluding steroid dienone is 2. The largest absolute Gasteiger partial charge is 0.312 e. The third-order valence-corrected chi connectivity index (χ3v) is 4.11. The van der Waals surface area contributed by atoms with Crippen LogP contribution in [-0.4, -0.2) is 6.54 Å². The van der Waals surface area contributed by atoms with E-state index in [1.165, 1.54) is 24.8 Å². The summed E-state index contributed by atoms with van der Waals surface area (Å²) in [6.07, 6.45) is 8.34. The van der Waals surface area contributed by atoms with Crippen LogP contribution in [0.2, 0.25) is 5.02 Å². The van der Waals surface area contributed by atoms with Crippen molar-refractivity contribution < 1.29 is 0 Å². The van der Waals surface area contributed by atoms with Crippen molar-refractivity contribution in [2.75, 3.05) is 6.54 Å². The topological polar surface area (TPSA) is 12.0 Å². The van der Waals surface area contributed by atoms with Gasteiger partial charge in [0, 0.05) is 16.0 Å². The standard InChI is InChI=1S/C14H17BrClN/c15-14-8-13(16)7-6-12(14)10-17-9-11-4-2-1-3-5-11/h1-2,6-8,11,17H,3-5,9-10H2. The molecule has 1 aliphatic rings. The van der Waals surface area contributed by atoms with Crippen molar-refractivity contribution in [2.45, 2.75) is 25.8 Å². The summed E-state index contributed by atoms with van der Waals surface area (Å²) in [5.41, 5.74) is 1.26. The van der Waals surface area contributed by atoms with Crippen LogP contribution in [0, 0.1) is 5.92 Å². The predicted octanol–water partition coefficient (Wildman–Crippen LogP) is 4.55. The molecule has 0 aliphatic heterocycles. The van der Waals surface area contributed by atoms with Crippen molar-refractivity contribution in [3.8, 4) is 0 Å². The quantitative estimate of drug-likeness (QED) is 0.804. The molecule has 1 aromatic rings. The first-order chi connectivity index (χ1) is 8.25. The van der Waals surface area contributed by atoms with Crippen molar-refractivity contribution in [3.63, 3.8) is 0 Å². The van der Waals surface area contributed by atoms with Crippen LogP contribution < -0.4 is 5.32 Å². The highest BCUT2D eigenvalue weighted by atomic mass is 79.9. The maximum Gasteiger partial charge on any atom is 0.0417 e. The monoisotopic (exact) mass is 313 g/mol. The van der Waals surface area contributed by atoms with Gasteiger partial charge in [-0.05, 0) is 49.4 Å². The molecule has 1 unspecified atom stereocenters. The highest BCUT2D eigenvalue weighted by Gasteiger charge is 2.09. The third-order valence-electron chi connectivity index (χ3n) is 3.14. The molecule has 0 radical (unpaired) electrons. The molecule has 0 bridgehead atoms. The van der Waals surface area contributed by atoms with E-state index in [4.69, 9.17) is 11.6 Å². The number of halogens is 2. The fourth-order valence-electron chi connectivity index (χ4n) is 2.12. The Morgan fingerprint density at radius 2 is 2.24 bits per heavy atom. The zero-order chi connectivity index (χ0) is 12.1. The molecule has 2 rings (SSSR count). The maximum atomic E-state index is 5.91. The Labute approximate surface area is 116 Å². The average Bonchev–Trinajstić information content (AvgIpc) is 2.33. The average molecular weight is 315 g/mol. The Morgan fingerprint density at radius 1 is 1.35 bits per heavy atom. The summed E-state index contributed by atoms with van der Waals surface area (Å²) in [6, 6.07) is 5.95. The third kappa shape index (κ3) is 4.13. The van der Waals surface area contributed by atoms with Gasteiger partial charge in [0.1, 0.15) is 0 Å². The molecule has 17 heavy (non-hydrogen) atoms. The van der Waals surface area contributed by atoms with E-state index in [2.05, 4.69) is 39.5 Å². The molecule has 0 spiro atoms. The van der Waals surface area contributed by atoms with Gasteiger partial charge in [0.05, 0.1) is 0 Å². The lowest BCUT2D eigenvalue weighted by molar-refractivity contribution is 0.440. The number of nitrogens with one attached hydrogen (secondary N) is 1. The molecule has 0 heterocycles. The second-order valence-electron chi connectivity index (χ2n) is 4.52.